The van der Waals surface area contributed by atoms with Gasteiger partial charge in [-0.2, -0.15) is 5.11 Å². The molecule has 11 nitrogen and oxygen atoms in total. The summed E-state index contributed by atoms with van der Waals surface area (Å²) in [5.41, 5.74) is -0.570. The van der Waals surface area contributed by atoms with Crippen LogP contribution in [0.4, 0.5) is 16.2 Å². The Hall–Kier alpha value is -3.37. The molecule has 22 heavy (non-hydrogen) atoms. The number of nitro benzene ring substituents is 1. The number of rotatable bonds is 4. The zero-order chi connectivity index (χ0) is 16.3. The van der Waals surface area contributed by atoms with Gasteiger partial charge in [0.1, 0.15) is 5.75 Å². The lowest BCUT2D eigenvalue weighted by Gasteiger charge is -2.16. The Morgan fingerprint density at radius 1 is 1.23 bits per heavy atom. The van der Waals surface area contributed by atoms with Gasteiger partial charge < -0.3 is 4.74 Å². The van der Waals surface area contributed by atoms with Crippen LogP contribution in [-0.2, 0) is 9.59 Å². The van der Waals surface area contributed by atoms with Crippen LogP contribution in [0.1, 0.15) is 0 Å². The number of nitro groups is 1. The molecule has 2 N–H and O–H groups in total. The fourth-order valence-electron chi connectivity index (χ4n) is 1.60. The lowest BCUT2D eigenvalue weighted by molar-refractivity contribution is -0.384. The van der Waals surface area contributed by atoms with Gasteiger partial charge in [0.05, 0.1) is 18.1 Å². The van der Waals surface area contributed by atoms with Crippen molar-refractivity contribution in [2.75, 3.05) is 7.11 Å². The minimum absolute atomic E-state index is 0.164. The second kappa shape index (κ2) is 5.95. The highest BCUT2D eigenvalue weighted by molar-refractivity contribution is 6.18. The molecule has 11 heteroatoms. The quantitative estimate of drug-likeness (QED) is 0.356. The van der Waals surface area contributed by atoms with Gasteiger partial charge in [0, 0.05) is 0 Å². The zero-order valence-corrected chi connectivity index (χ0v) is 11.1. The zero-order valence-electron chi connectivity index (χ0n) is 11.1. The predicted molar refractivity (Wildman–Crippen MR) is 69.6 cm³/mol. The van der Waals surface area contributed by atoms with Crippen LogP contribution < -0.4 is 15.4 Å². The van der Waals surface area contributed by atoms with Crippen molar-refractivity contribution in [1.29, 1.82) is 0 Å². The van der Waals surface area contributed by atoms with Gasteiger partial charge in [0.25, 0.3) is 17.5 Å². The first-order valence-electron chi connectivity index (χ1n) is 5.81. The number of nitrogens with one attached hydrogen (secondary N) is 2. The van der Waals surface area contributed by atoms with Crippen LogP contribution in [-0.4, -0.2) is 35.9 Å². The summed E-state index contributed by atoms with van der Waals surface area (Å²) in [4.78, 5) is 44.0. The molecule has 0 saturated carbocycles. The summed E-state index contributed by atoms with van der Waals surface area (Å²) in [5, 5.41) is 21.6. The minimum atomic E-state index is -1.60. The average Bonchev–Trinajstić information content (AvgIpc) is 2.46. The molecule has 1 fully saturated rings. The number of imide groups is 2. The first-order valence-corrected chi connectivity index (χ1v) is 5.81. The molecule has 1 heterocycles. The highest BCUT2D eigenvalue weighted by Gasteiger charge is 2.34. The van der Waals surface area contributed by atoms with E-state index < -0.39 is 34.5 Å². The number of hydrogen-bond donors (Lipinski definition) is 2. The maximum absolute atomic E-state index is 11.5. The SMILES string of the molecule is COc1ccc(N=NC2C(=O)NC(=O)NC2=O)c([N+](=O)[O-])c1. The number of nitrogens with zero attached hydrogens (tertiary/aromatic N) is 3. The van der Waals surface area contributed by atoms with Crippen LogP contribution >= 0.6 is 0 Å². The van der Waals surface area contributed by atoms with Gasteiger partial charge in [-0.05, 0) is 12.1 Å². The molecular weight excluding hydrogens is 298 g/mol. The summed E-state index contributed by atoms with van der Waals surface area (Å²) in [7, 11) is 1.34. The van der Waals surface area contributed by atoms with E-state index in [-0.39, 0.29) is 11.4 Å². The summed E-state index contributed by atoms with van der Waals surface area (Å²) in [6, 6.07) is 1.23. The third-order valence-electron chi connectivity index (χ3n) is 2.63. The number of urea groups is 1. The van der Waals surface area contributed by atoms with E-state index in [1.165, 1.54) is 19.2 Å². The van der Waals surface area contributed by atoms with Crippen molar-refractivity contribution in [3.05, 3.63) is 28.3 Å². The Balaban J connectivity index is 2.30. The normalized spacial score (nSPS) is 15.6. The van der Waals surface area contributed by atoms with E-state index in [0.29, 0.717) is 0 Å². The molecule has 0 bridgehead atoms. The number of benzene rings is 1. The van der Waals surface area contributed by atoms with Crippen LogP contribution in [0.15, 0.2) is 28.4 Å². The molecule has 0 aliphatic carbocycles. The molecule has 0 aromatic heterocycles. The average molecular weight is 307 g/mol. The van der Waals surface area contributed by atoms with E-state index in [2.05, 4.69) is 10.2 Å². The molecular formula is C11H9N5O6. The highest BCUT2D eigenvalue weighted by atomic mass is 16.6. The summed E-state index contributed by atoms with van der Waals surface area (Å²) < 4.78 is 4.86. The molecule has 0 atom stereocenters. The third-order valence-corrected chi connectivity index (χ3v) is 2.63. The monoisotopic (exact) mass is 307 g/mol. The number of ether oxygens (including phenoxy) is 1. The van der Waals surface area contributed by atoms with Crippen LogP contribution in [0.5, 0.6) is 5.75 Å². The van der Waals surface area contributed by atoms with Gasteiger partial charge >= 0.3 is 6.03 Å². The van der Waals surface area contributed by atoms with Gasteiger partial charge in [-0.1, -0.05) is 0 Å². The maximum Gasteiger partial charge on any atom is 0.328 e. The van der Waals surface area contributed by atoms with Gasteiger partial charge in [0.15, 0.2) is 5.69 Å². The molecule has 4 amide bonds. The van der Waals surface area contributed by atoms with Crippen LogP contribution in [0, 0.1) is 10.1 Å². The standard InChI is InChI=1S/C11H9N5O6/c1-22-5-2-3-6(7(4-5)16(20)21)14-15-8-9(17)12-11(19)13-10(8)18/h2-4,8H,1H3,(H2,12,13,17,18,19). The number of barbiturate groups is 1. The molecule has 0 spiro atoms. The molecule has 1 saturated heterocycles. The van der Waals surface area contributed by atoms with Gasteiger partial charge in [-0.15, -0.1) is 5.11 Å². The number of hydrogen-bond acceptors (Lipinski definition) is 8. The first-order chi connectivity index (χ1) is 10.4. The van der Waals surface area contributed by atoms with Crippen LogP contribution in [0.3, 0.4) is 0 Å². The van der Waals surface area contributed by atoms with E-state index in [0.717, 1.165) is 6.07 Å². The lowest BCUT2D eigenvalue weighted by Crippen LogP contribution is -2.57. The molecule has 0 unspecified atom stereocenters. The Labute approximate surface area is 122 Å². The van der Waals surface area contributed by atoms with Gasteiger partial charge in [-0.3, -0.25) is 30.3 Å². The lowest BCUT2D eigenvalue weighted by atomic mass is 10.2. The van der Waals surface area contributed by atoms with Crippen molar-refractivity contribution >= 4 is 29.2 Å². The summed E-state index contributed by atoms with van der Waals surface area (Å²) in [6.07, 6.45) is 0. The Morgan fingerprint density at radius 2 is 1.86 bits per heavy atom. The number of amides is 4. The first kappa shape index (κ1) is 15.0. The Morgan fingerprint density at radius 3 is 2.41 bits per heavy atom. The van der Waals surface area contributed by atoms with E-state index in [4.69, 9.17) is 4.74 Å². The van der Waals surface area contributed by atoms with Crippen molar-refractivity contribution in [2.45, 2.75) is 6.04 Å². The maximum atomic E-state index is 11.5. The number of carbonyl (C=O) groups is 3. The van der Waals surface area contributed by atoms with E-state index in [1.54, 1.807) is 0 Å². The predicted octanol–water partition coefficient (Wildman–Crippen LogP) is 0.422. The summed E-state index contributed by atoms with van der Waals surface area (Å²) in [5.74, 6) is -1.69. The molecule has 114 valence electrons. The van der Waals surface area contributed by atoms with E-state index in [1.807, 2.05) is 10.6 Å². The van der Waals surface area contributed by atoms with Crippen molar-refractivity contribution < 1.29 is 24.0 Å². The number of azo groups is 1. The fraction of sp³-hybridized carbons (Fsp3) is 0.182. The summed E-state index contributed by atoms with van der Waals surface area (Å²) in [6.45, 7) is 0. The van der Waals surface area contributed by atoms with Gasteiger partial charge in [-0.25, -0.2) is 4.79 Å². The topological polar surface area (TPSA) is 152 Å². The van der Waals surface area contributed by atoms with Gasteiger partial charge in [0.2, 0.25) is 6.04 Å². The second-order valence-corrected chi connectivity index (χ2v) is 4.04. The minimum Gasteiger partial charge on any atom is -0.496 e. The van der Waals surface area contributed by atoms with Crippen LogP contribution in [0.2, 0.25) is 0 Å². The molecule has 1 aliphatic rings. The van der Waals surface area contributed by atoms with Crippen molar-refractivity contribution in [1.82, 2.24) is 10.6 Å². The molecule has 1 aromatic carbocycles. The fourth-order valence-corrected chi connectivity index (χ4v) is 1.60. The second-order valence-electron chi connectivity index (χ2n) is 4.04. The Bertz CT molecular complexity index is 680. The summed E-state index contributed by atoms with van der Waals surface area (Å²) >= 11 is 0. The smallest absolute Gasteiger partial charge is 0.328 e. The molecule has 1 aliphatic heterocycles. The molecule has 0 radical (unpaired) electrons. The highest BCUT2D eigenvalue weighted by Crippen LogP contribution is 2.31. The third kappa shape index (κ3) is 3.03. The van der Waals surface area contributed by atoms with Crippen molar-refractivity contribution in [3.8, 4) is 5.75 Å². The molecule has 2 rings (SSSR count). The Kier molecular flexibility index (Phi) is 4.06. The number of carbonyl (C=O) groups excluding carboxylic acids is 3. The van der Waals surface area contributed by atoms with E-state index in [9.17, 15) is 24.5 Å². The molecule has 1 aromatic rings. The van der Waals surface area contributed by atoms with E-state index >= 15 is 0 Å². The van der Waals surface area contributed by atoms with Crippen molar-refractivity contribution in [2.24, 2.45) is 10.2 Å². The van der Waals surface area contributed by atoms with Crippen molar-refractivity contribution in [3.63, 3.8) is 0 Å². The number of methoxy groups -OCH3 is 1. The largest absolute Gasteiger partial charge is 0.496 e. The van der Waals surface area contributed by atoms with Crippen LogP contribution in [0.25, 0.3) is 0 Å².